The van der Waals surface area contributed by atoms with Crippen molar-refractivity contribution in [1.29, 1.82) is 5.26 Å². The lowest BCUT2D eigenvalue weighted by Gasteiger charge is -2.18. The predicted molar refractivity (Wildman–Crippen MR) is 86.7 cm³/mol. The minimum atomic E-state index is -0.587. The van der Waals surface area contributed by atoms with Gasteiger partial charge in [-0.3, -0.25) is 0 Å². The Morgan fingerprint density at radius 1 is 1.10 bits per heavy atom. The number of aliphatic hydroxyl groups is 1. The maximum Gasteiger partial charge on any atom is 0.0991 e. The van der Waals surface area contributed by atoms with Crippen molar-refractivity contribution >= 4 is 15.9 Å². The zero-order valence-corrected chi connectivity index (χ0v) is 13.3. The van der Waals surface area contributed by atoms with Crippen LogP contribution in [-0.4, -0.2) is 11.7 Å². The van der Waals surface area contributed by atoms with Gasteiger partial charge in [-0.05, 0) is 42.3 Å². The minimum Gasteiger partial charge on any atom is -0.387 e. The molecule has 0 bridgehead atoms. The average Bonchev–Trinajstić information content (AvgIpc) is 2.53. The van der Waals surface area contributed by atoms with Crippen LogP contribution in [0.25, 0.3) is 0 Å². The van der Waals surface area contributed by atoms with Crippen LogP contribution in [0, 0.1) is 11.3 Å². The Morgan fingerprint density at radius 2 is 1.67 bits per heavy atom. The summed E-state index contributed by atoms with van der Waals surface area (Å²) in [5, 5.41) is 22.2. The summed E-state index contributed by atoms with van der Waals surface area (Å²) in [6.45, 7) is 2.53. The molecule has 0 aliphatic rings. The van der Waals surface area contributed by atoms with Crippen LogP contribution in [0.1, 0.15) is 35.8 Å². The molecule has 0 aromatic heterocycles. The van der Waals surface area contributed by atoms with E-state index in [4.69, 9.17) is 5.26 Å². The molecule has 0 saturated carbocycles. The van der Waals surface area contributed by atoms with E-state index in [0.717, 1.165) is 10.0 Å². The molecule has 2 unspecified atom stereocenters. The van der Waals surface area contributed by atoms with Gasteiger partial charge >= 0.3 is 0 Å². The fraction of sp³-hybridized carbons (Fsp3) is 0.235. The van der Waals surface area contributed by atoms with E-state index in [1.807, 2.05) is 12.1 Å². The zero-order valence-electron chi connectivity index (χ0n) is 11.8. The van der Waals surface area contributed by atoms with E-state index in [2.05, 4.69) is 46.4 Å². The van der Waals surface area contributed by atoms with Crippen LogP contribution in [0.15, 0.2) is 53.0 Å². The predicted octanol–water partition coefficient (Wildman–Crippen LogP) is 3.70. The standard InChI is InChI=1S/C17H17BrN2O/c1-12(14-6-8-16(18)9-7-14)20-11-17(21)15-4-2-13(10-19)3-5-15/h2-9,12,17,20-21H,11H2,1H3. The molecule has 0 amide bonds. The number of nitriles is 1. The summed E-state index contributed by atoms with van der Waals surface area (Å²) in [7, 11) is 0. The zero-order chi connectivity index (χ0) is 15.2. The van der Waals surface area contributed by atoms with Gasteiger partial charge < -0.3 is 10.4 Å². The second kappa shape index (κ2) is 7.37. The topological polar surface area (TPSA) is 56.0 Å². The van der Waals surface area contributed by atoms with Crippen LogP contribution >= 0.6 is 15.9 Å². The van der Waals surface area contributed by atoms with Crippen molar-refractivity contribution in [2.45, 2.75) is 19.1 Å². The SMILES string of the molecule is CC(NCC(O)c1ccc(C#N)cc1)c1ccc(Br)cc1. The number of aliphatic hydroxyl groups excluding tert-OH is 1. The summed E-state index contributed by atoms with van der Waals surface area (Å²) in [4.78, 5) is 0. The molecule has 3 nitrogen and oxygen atoms in total. The summed E-state index contributed by atoms with van der Waals surface area (Å²) in [5.41, 5.74) is 2.58. The molecule has 2 aromatic carbocycles. The maximum atomic E-state index is 10.2. The first kappa shape index (κ1) is 15.7. The van der Waals surface area contributed by atoms with Crippen molar-refractivity contribution in [2.24, 2.45) is 0 Å². The average molecular weight is 345 g/mol. The summed E-state index contributed by atoms with van der Waals surface area (Å²) < 4.78 is 1.05. The molecule has 0 heterocycles. The lowest BCUT2D eigenvalue weighted by atomic mass is 10.1. The lowest BCUT2D eigenvalue weighted by Crippen LogP contribution is -2.24. The van der Waals surface area contributed by atoms with E-state index < -0.39 is 6.10 Å². The van der Waals surface area contributed by atoms with Gasteiger partial charge in [0.1, 0.15) is 0 Å². The van der Waals surface area contributed by atoms with Crippen LogP contribution in [-0.2, 0) is 0 Å². The molecule has 108 valence electrons. The van der Waals surface area contributed by atoms with Gasteiger partial charge in [-0.25, -0.2) is 0 Å². The van der Waals surface area contributed by atoms with E-state index in [9.17, 15) is 5.11 Å². The highest BCUT2D eigenvalue weighted by Crippen LogP contribution is 2.18. The Bertz CT molecular complexity index is 617. The summed E-state index contributed by atoms with van der Waals surface area (Å²) >= 11 is 3.42. The Morgan fingerprint density at radius 3 is 2.24 bits per heavy atom. The first-order valence-corrected chi connectivity index (χ1v) is 7.56. The Kier molecular flexibility index (Phi) is 5.51. The lowest BCUT2D eigenvalue weighted by molar-refractivity contribution is 0.171. The molecule has 4 heteroatoms. The van der Waals surface area contributed by atoms with Gasteiger partial charge in [-0.2, -0.15) is 5.26 Å². The van der Waals surface area contributed by atoms with Crippen LogP contribution in [0.4, 0.5) is 0 Å². The van der Waals surface area contributed by atoms with Crippen LogP contribution in [0.2, 0.25) is 0 Å². The van der Waals surface area contributed by atoms with Crippen molar-refractivity contribution in [3.63, 3.8) is 0 Å². The van der Waals surface area contributed by atoms with E-state index in [1.165, 1.54) is 5.56 Å². The molecule has 0 aliphatic carbocycles. The van der Waals surface area contributed by atoms with Crippen LogP contribution < -0.4 is 5.32 Å². The van der Waals surface area contributed by atoms with Gasteiger partial charge in [0.05, 0.1) is 17.7 Å². The van der Waals surface area contributed by atoms with Crippen molar-refractivity contribution in [3.05, 3.63) is 69.7 Å². The van der Waals surface area contributed by atoms with Crippen molar-refractivity contribution in [3.8, 4) is 6.07 Å². The number of rotatable bonds is 5. The molecule has 0 saturated heterocycles. The first-order chi connectivity index (χ1) is 10.1. The highest BCUT2D eigenvalue weighted by atomic mass is 79.9. The summed E-state index contributed by atoms with van der Waals surface area (Å²) in [6, 6.07) is 17.4. The molecule has 2 atom stereocenters. The number of halogens is 1. The van der Waals surface area contributed by atoms with Crippen molar-refractivity contribution in [2.75, 3.05) is 6.54 Å². The largest absolute Gasteiger partial charge is 0.387 e. The monoisotopic (exact) mass is 344 g/mol. The molecular weight excluding hydrogens is 328 g/mol. The number of nitrogens with zero attached hydrogens (tertiary/aromatic N) is 1. The van der Waals surface area contributed by atoms with E-state index in [1.54, 1.807) is 24.3 Å². The highest BCUT2D eigenvalue weighted by molar-refractivity contribution is 9.10. The molecule has 0 fully saturated rings. The number of hydrogen-bond donors (Lipinski definition) is 2. The molecule has 2 aromatic rings. The molecular formula is C17H17BrN2O. The fourth-order valence-corrected chi connectivity index (χ4v) is 2.32. The second-order valence-corrected chi connectivity index (χ2v) is 5.85. The maximum absolute atomic E-state index is 10.2. The molecule has 2 rings (SSSR count). The Labute approximate surface area is 133 Å². The van der Waals surface area contributed by atoms with Gasteiger partial charge in [-0.1, -0.05) is 40.2 Å². The molecule has 0 radical (unpaired) electrons. The fourth-order valence-electron chi connectivity index (χ4n) is 2.06. The summed E-state index contributed by atoms with van der Waals surface area (Å²) in [5.74, 6) is 0. The number of nitrogens with one attached hydrogen (secondary N) is 1. The van der Waals surface area contributed by atoms with E-state index in [-0.39, 0.29) is 6.04 Å². The van der Waals surface area contributed by atoms with Gasteiger partial charge in [0.25, 0.3) is 0 Å². The quantitative estimate of drug-likeness (QED) is 0.869. The third-order valence-corrected chi connectivity index (χ3v) is 3.94. The normalized spacial score (nSPS) is 13.4. The molecule has 0 spiro atoms. The van der Waals surface area contributed by atoms with E-state index >= 15 is 0 Å². The first-order valence-electron chi connectivity index (χ1n) is 6.77. The third-order valence-electron chi connectivity index (χ3n) is 3.41. The Hall–Kier alpha value is -1.67. The van der Waals surface area contributed by atoms with Gasteiger partial charge in [0.15, 0.2) is 0 Å². The van der Waals surface area contributed by atoms with Gasteiger partial charge in [-0.15, -0.1) is 0 Å². The van der Waals surface area contributed by atoms with Crippen molar-refractivity contribution < 1.29 is 5.11 Å². The van der Waals surface area contributed by atoms with Crippen LogP contribution in [0.5, 0.6) is 0 Å². The number of hydrogen-bond acceptors (Lipinski definition) is 3. The smallest absolute Gasteiger partial charge is 0.0991 e. The van der Waals surface area contributed by atoms with Gasteiger partial charge in [0, 0.05) is 17.1 Å². The molecule has 2 N–H and O–H groups in total. The van der Waals surface area contributed by atoms with Crippen LogP contribution in [0.3, 0.4) is 0 Å². The van der Waals surface area contributed by atoms with Gasteiger partial charge in [0.2, 0.25) is 0 Å². The minimum absolute atomic E-state index is 0.158. The Balaban J connectivity index is 1.92. The summed E-state index contributed by atoms with van der Waals surface area (Å²) in [6.07, 6.45) is -0.587. The van der Waals surface area contributed by atoms with E-state index in [0.29, 0.717) is 12.1 Å². The number of benzene rings is 2. The molecule has 21 heavy (non-hydrogen) atoms. The second-order valence-electron chi connectivity index (χ2n) is 4.93. The highest BCUT2D eigenvalue weighted by Gasteiger charge is 2.10. The van der Waals surface area contributed by atoms with Crippen molar-refractivity contribution in [1.82, 2.24) is 5.32 Å². The molecule has 0 aliphatic heterocycles. The third kappa shape index (κ3) is 4.40.